The molecule has 0 fully saturated rings. The SMILES string of the molecule is CCCCOc1c(C(=O)c2ccc3c(c2C)CCCC3)cnn1CC. The summed E-state index contributed by atoms with van der Waals surface area (Å²) in [7, 11) is 0. The fourth-order valence-electron chi connectivity index (χ4n) is 3.62. The van der Waals surface area contributed by atoms with Crippen LogP contribution < -0.4 is 4.74 Å². The number of carbonyl (C=O) groups excluding carboxylic acids is 1. The predicted octanol–water partition coefficient (Wildman–Crippen LogP) is 4.50. The summed E-state index contributed by atoms with van der Waals surface area (Å²) in [6.45, 7) is 7.53. The first-order chi connectivity index (χ1) is 12.2. The molecule has 0 spiro atoms. The third-order valence-corrected chi connectivity index (χ3v) is 5.13. The van der Waals surface area contributed by atoms with Gasteiger partial charge in [-0.1, -0.05) is 25.5 Å². The highest BCUT2D eigenvalue weighted by molar-refractivity contribution is 6.11. The highest BCUT2D eigenvalue weighted by atomic mass is 16.5. The fraction of sp³-hybridized carbons (Fsp3) is 0.524. The summed E-state index contributed by atoms with van der Waals surface area (Å²) in [5.74, 6) is 0.634. The van der Waals surface area contributed by atoms with E-state index >= 15 is 0 Å². The van der Waals surface area contributed by atoms with Crippen molar-refractivity contribution in [2.24, 2.45) is 0 Å². The van der Waals surface area contributed by atoms with E-state index in [2.05, 4.69) is 25.0 Å². The molecule has 0 bridgehead atoms. The van der Waals surface area contributed by atoms with Crippen LogP contribution >= 0.6 is 0 Å². The Morgan fingerprint density at radius 1 is 1.20 bits per heavy atom. The molecule has 2 aromatic rings. The molecular weight excluding hydrogens is 312 g/mol. The highest BCUT2D eigenvalue weighted by Crippen LogP contribution is 2.29. The number of ketones is 1. The molecule has 25 heavy (non-hydrogen) atoms. The third-order valence-electron chi connectivity index (χ3n) is 5.13. The minimum Gasteiger partial charge on any atom is -0.477 e. The van der Waals surface area contributed by atoms with Crippen LogP contribution in [0.4, 0.5) is 0 Å². The van der Waals surface area contributed by atoms with Crippen LogP contribution in [0.5, 0.6) is 5.88 Å². The number of rotatable bonds is 7. The number of ether oxygens (including phenoxy) is 1. The lowest BCUT2D eigenvalue weighted by Gasteiger charge is -2.20. The summed E-state index contributed by atoms with van der Waals surface area (Å²) in [5.41, 5.74) is 5.27. The van der Waals surface area contributed by atoms with Gasteiger partial charge in [-0.25, -0.2) is 4.68 Å². The molecule has 0 atom stereocenters. The predicted molar refractivity (Wildman–Crippen MR) is 99.6 cm³/mol. The molecule has 1 aliphatic rings. The van der Waals surface area contributed by atoms with Crippen LogP contribution in [0.1, 0.15) is 72.1 Å². The molecule has 1 heterocycles. The average molecular weight is 340 g/mol. The lowest BCUT2D eigenvalue weighted by atomic mass is 9.85. The summed E-state index contributed by atoms with van der Waals surface area (Å²) >= 11 is 0. The van der Waals surface area contributed by atoms with Crippen molar-refractivity contribution < 1.29 is 9.53 Å². The number of hydrogen-bond donors (Lipinski definition) is 0. The Morgan fingerprint density at radius 3 is 2.76 bits per heavy atom. The largest absolute Gasteiger partial charge is 0.477 e. The Morgan fingerprint density at radius 2 is 2.00 bits per heavy atom. The van der Waals surface area contributed by atoms with Crippen LogP contribution in [-0.4, -0.2) is 22.2 Å². The minimum atomic E-state index is 0.0251. The summed E-state index contributed by atoms with van der Waals surface area (Å²) in [5, 5.41) is 4.35. The highest BCUT2D eigenvalue weighted by Gasteiger charge is 2.23. The summed E-state index contributed by atoms with van der Waals surface area (Å²) in [6.07, 6.45) is 8.36. The first-order valence-electron chi connectivity index (χ1n) is 9.52. The molecule has 0 saturated carbocycles. The van der Waals surface area contributed by atoms with Gasteiger partial charge in [0.15, 0.2) is 5.78 Å². The van der Waals surface area contributed by atoms with Gasteiger partial charge < -0.3 is 4.74 Å². The molecule has 0 N–H and O–H groups in total. The van der Waals surface area contributed by atoms with Gasteiger partial charge in [-0.3, -0.25) is 4.79 Å². The summed E-state index contributed by atoms with van der Waals surface area (Å²) in [6, 6.07) is 4.12. The van der Waals surface area contributed by atoms with Gasteiger partial charge >= 0.3 is 0 Å². The van der Waals surface area contributed by atoms with Gasteiger partial charge in [-0.2, -0.15) is 5.10 Å². The molecule has 1 aromatic heterocycles. The smallest absolute Gasteiger partial charge is 0.223 e. The lowest BCUT2D eigenvalue weighted by molar-refractivity contribution is 0.103. The number of nitrogens with zero attached hydrogens (tertiary/aromatic N) is 2. The molecule has 3 rings (SSSR count). The van der Waals surface area contributed by atoms with Crippen LogP contribution in [-0.2, 0) is 19.4 Å². The molecule has 0 aliphatic heterocycles. The van der Waals surface area contributed by atoms with Crippen LogP contribution in [0.3, 0.4) is 0 Å². The molecule has 1 aromatic carbocycles. The van der Waals surface area contributed by atoms with Crippen LogP contribution in [0.25, 0.3) is 0 Å². The third kappa shape index (κ3) is 3.48. The number of aryl methyl sites for hydroxylation is 2. The fourth-order valence-corrected chi connectivity index (χ4v) is 3.62. The number of carbonyl (C=O) groups is 1. The summed E-state index contributed by atoms with van der Waals surface area (Å²) in [4.78, 5) is 13.2. The maximum Gasteiger partial charge on any atom is 0.223 e. The Hall–Kier alpha value is -2.10. The lowest BCUT2D eigenvalue weighted by Crippen LogP contribution is -2.12. The molecule has 4 heteroatoms. The van der Waals surface area contributed by atoms with Crippen molar-refractivity contribution in [2.45, 2.75) is 65.8 Å². The molecule has 134 valence electrons. The van der Waals surface area contributed by atoms with Crippen LogP contribution in [0.2, 0.25) is 0 Å². The standard InChI is InChI=1S/C21H28N2O2/c1-4-6-13-25-21-19(14-22-23(21)5-2)20(24)18-12-11-16-9-7-8-10-17(16)15(18)3/h11-12,14H,4-10,13H2,1-3H3. The quantitative estimate of drug-likeness (QED) is 0.550. The van der Waals surface area contributed by atoms with Crippen molar-refractivity contribution in [3.05, 3.63) is 46.1 Å². The van der Waals surface area contributed by atoms with E-state index in [9.17, 15) is 4.79 Å². The molecule has 4 nitrogen and oxygen atoms in total. The van der Waals surface area contributed by atoms with Gasteiger partial charge in [0, 0.05) is 12.1 Å². The van der Waals surface area contributed by atoms with E-state index in [4.69, 9.17) is 4.74 Å². The first kappa shape index (κ1) is 17.7. The van der Waals surface area contributed by atoms with Crippen molar-refractivity contribution in [2.75, 3.05) is 6.61 Å². The molecule has 0 unspecified atom stereocenters. The van der Waals surface area contributed by atoms with Gasteiger partial charge in [0.25, 0.3) is 0 Å². The maximum absolute atomic E-state index is 13.2. The van der Waals surface area contributed by atoms with Gasteiger partial charge in [-0.05, 0) is 62.6 Å². The second-order valence-corrected chi connectivity index (χ2v) is 6.79. The second-order valence-electron chi connectivity index (χ2n) is 6.79. The molecule has 0 amide bonds. The van der Waals surface area contributed by atoms with Crippen molar-refractivity contribution in [3.8, 4) is 5.88 Å². The number of fused-ring (bicyclic) bond motifs is 1. The van der Waals surface area contributed by atoms with E-state index in [1.165, 1.54) is 24.0 Å². The average Bonchev–Trinajstić information content (AvgIpc) is 3.05. The Balaban J connectivity index is 1.94. The normalized spacial score (nSPS) is 13.6. The Kier molecular flexibility index (Phi) is 5.57. The van der Waals surface area contributed by atoms with Gasteiger partial charge in [0.05, 0.1) is 12.8 Å². The zero-order valence-corrected chi connectivity index (χ0v) is 15.6. The Bertz CT molecular complexity index is 761. The Labute approximate surface area is 150 Å². The van der Waals surface area contributed by atoms with Crippen LogP contribution in [0, 0.1) is 6.92 Å². The van der Waals surface area contributed by atoms with Crippen molar-refractivity contribution in [3.63, 3.8) is 0 Å². The monoisotopic (exact) mass is 340 g/mol. The van der Waals surface area contributed by atoms with E-state index in [0.29, 0.717) is 24.6 Å². The van der Waals surface area contributed by atoms with Gasteiger partial charge in [0.1, 0.15) is 5.56 Å². The number of benzene rings is 1. The number of hydrogen-bond acceptors (Lipinski definition) is 3. The molecule has 0 radical (unpaired) electrons. The van der Waals surface area contributed by atoms with E-state index in [1.54, 1.807) is 10.9 Å². The van der Waals surface area contributed by atoms with E-state index in [1.807, 2.05) is 13.0 Å². The number of unbranched alkanes of at least 4 members (excludes halogenated alkanes) is 1. The number of aromatic nitrogens is 2. The van der Waals surface area contributed by atoms with Crippen molar-refractivity contribution in [1.82, 2.24) is 9.78 Å². The first-order valence-corrected chi connectivity index (χ1v) is 9.52. The van der Waals surface area contributed by atoms with E-state index in [0.717, 1.165) is 36.8 Å². The molecule has 1 aliphatic carbocycles. The topological polar surface area (TPSA) is 44.1 Å². The zero-order chi connectivity index (χ0) is 17.8. The van der Waals surface area contributed by atoms with Crippen molar-refractivity contribution in [1.29, 1.82) is 0 Å². The van der Waals surface area contributed by atoms with Gasteiger partial charge in [-0.15, -0.1) is 0 Å². The maximum atomic E-state index is 13.2. The minimum absolute atomic E-state index is 0.0251. The van der Waals surface area contributed by atoms with Crippen LogP contribution in [0.15, 0.2) is 18.3 Å². The molecular formula is C21H28N2O2. The summed E-state index contributed by atoms with van der Waals surface area (Å²) < 4.78 is 7.69. The second kappa shape index (κ2) is 7.85. The van der Waals surface area contributed by atoms with E-state index in [-0.39, 0.29) is 5.78 Å². The zero-order valence-electron chi connectivity index (χ0n) is 15.6. The molecule has 0 saturated heterocycles. The van der Waals surface area contributed by atoms with Gasteiger partial charge in [0.2, 0.25) is 5.88 Å². The van der Waals surface area contributed by atoms with Crippen molar-refractivity contribution >= 4 is 5.78 Å². The van der Waals surface area contributed by atoms with E-state index < -0.39 is 0 Å².